The number of aromatic hydroxyl groups is 1. The van der Waals surface area contributed by atoms with Gasteiger partial charge in [-0.05, 0) is 69.6 Å². The summed E-state index contributed by atoms with van der Waals surface area (Å²) in [6.45, 7) is 3.96. The van der Waals surface area contributed by atoms with Crippen LogP contribution in [0.1, 0.15) is 110 Å². The fraction of sp³-hybridized carbons (Fsp3) is 0.738. The number of esters is 2. The van der Waals surface area contributed by atoms with Crippen LogP contribution < -0.4 is 5.32 Å². The number of nitrogens with one attached hydrogen (secondary N) is 1. The molecule has 16 nitrogen and oxygen atoms in total. The summed E-state index contributed by atoms with van der Waals surface area (Å²) in [5.41, 5.74) is 1.08. The largest absolute Gasteiger partial charge is 0.508 e. The van der Waals surface area contributed by atoms with Gasteiger partial charge in [0.25, 0.3) is 0 Å². The minimum atomic E-state index is -1.78. The third kappa shape index (κ3) is 18.0. The number of aliphatic hydroxyl groups excluding tert-OH is 5. The van der Waals surface area contributed by atoms with Crippen molar-refractivity contribution >= 4 is 17.8 Å². The Labute approximate surface area is 341 Å². The Bertz CT molecular complexity index is 1360. The zero-order valence-corrected chi connectivity index (χ0v) is 34.2. The van der Waals surface area contributed by atoms with Crippen molar-refractivity contribution < 1.29 is 73.4 Å². The van der Waals surface area contributed by atoms with Crippen LogP contribution in [-0.2, 0) is 49.2 Å². The van der Waals surface area contributed by atoms with Crippen molar-refractivity contribution in [2.45, 2.75) is 178 Å². The second kappa shape index (κ2) is 26.8. The maximum atomic E-state index is 12.1. The molecule has 330 valence electrons. The van der Waals surface area contributed by atoms with Crippen molar-refractivity contribution in [3.8, 4) is 5.75 Å². The van der Waals surface area contributed by atoms with Gasteiger partial charge in [0.05, 0.1) is 6.10 Å². The van der Waals surface area contributed by atoms with Crippen molar-refractivity contribution in [1.82, 2.24) is 5.32 Å². The summed E-state index contributed by atoms with van der Waals surface area (Å²) >= 11 is 0. The number of phenols is 1. The number of benzene rings is 1. The molecule has 11 atom stereocenters. The van der Waals surface area contributed by atoms with Crippen molar-refractivity contribution in [2.24, 2.45) is 0 Å². The van der Waals surface area contributed by atoms with E-state index < -0.39 is 86.1 Å². The molecular formula is C42H67NO15. The number of unbranched alkanes of at least 4 members (excludes halogenated alkanes) is 9. The third-order valence-electron chi connectivity index (χ3n) is 10.2. The van der Waals surface area contributed by atoms with Crippen LogP contribution in [0.5, 0.6) is 5.75 Å². The number of hydrogen-bond acceptors (Lipinski definition) is 15. The van der Waals surface area contributed by atoms with Crippen LogP contribution in [0.3, 0.4) is 0 Å². The topological polar surface area (TPSA) is 240 Å². The molecule has 16 heteroatoms. The number of amides is 1. The van der Waals surface area contributed by atoms with Gasteiger partial charge in [-0.25, -0.2) is 0 Å². The van der Waals surface area contributed by atoms with E-state index in [9.17, 15) is 45.0 Å². The van der Waals surface area contributed by atoms with Crippen LogP contribution in [0.4, 0.5) is 0 Å². The van der Waals surface area contributed by atoms with Crippen LogP contribution in [-0.4, -0.2) is 136 Å². The van der Waals surface area contributed by atoms with Crippen LogP contribution in [0.2, 0.25) is 0 Å². The van der Waals surface area contributed by atoms with Crippen molar-refractivity contribution in [3.63, 3.8) is 0 Å². The first-order valence-corrected chi connectivity index (χ1v) is 20.7. The van der Waals surface area contributed by atoms with E-state index in [-0.39, 0.29) is 18.3 Å². The van der Waals surface area contributed by atoms with Gasteiger partial charge in [0.1, 0.15) is 67.8 Å². The lowest BCUT2D eigenvalue weighted by Gasteiger charge is -2.46. The lowest BCUT2D eigenvalue weighted by atomic mass is 9.97. The van der Waals surface area contributed by atoms with Crippen molar-refractivity contribution in [2.75, 3.05) is 19.8 Å². The number of rotatable bonds is 26. The Morgan fingerprint density at radius 3 is 1.84 bits per heavy atom. The highest BCUT2D eigenvalue weighted by atomic mass is 16.8. The highest BCUT2D eigenvalue weighted by Crippen LogP contribution is 2.31. The molecule has 7 N–H and O–H groups in total. The van der Waals surface area contributed by atoms with Gasteiger partial charge in [0.15, 0.2) is 12.6 Å². The first-order chi connectivity index (χ1) is 27.8. The number of ether oxygens (including phenoxy) is 6. The summed E-state index contributed by atoms with van der Waals surface area (Å²) in [5.74, 6) is -0.947. The molecule has 2 saturated heterocycles. The average molecular weight is 826 g/mol. The molecular weight excluding hydrogens is 758 g/mol. The van der Waals surface area contributed by atoms with E-state index in [0.717, 1.165) is 89.5 Å². The molecule has 1 unspecified atom stereocenters. The van der Waals surface area contributed by atoms with Gasteiger partial charge in [-0.1, -0.05) is 62.8 Å². The molecule has 0 bridgehead atoms. The number of aliphatic hydroxyl groups is 5. The number of carbonyl (C=O) groups is 3. The summed E-state index contributed by atoms with van der Waals surface area (Å²) < 4.78 is 33.4. The van der Waals surface area contributed by atoms with Gasteiger partial charge in [-0.3, -0.25) is 14.4 Å². The first kappa shape index (κ1) is 49.2. The number of hydrogen-bond donors (Lipinski definition) is 7. The van der Waals surface area contributed by atoms with Crippen LogP contribution in [0, 0.1) is 0 Å². The fourth-order valence-corrected chi connectivity index (χ4v) is 6.77. The Morgan fingerprint density at radius 2 is 1.24 bits per heavy atom. The second-order valence-electron chi connectivity index (χ2n) is 15.2. The molecule has 2 heterocycles. The number of phenolic OH excluding ortho intramolecular Hbond substituents is 1. The maximum Gasteiger partial charge on any atom is 0.302 e. The van der Waals surface area contributed by atoms with Gasteiger partial charge in [-0.15, -0.1) is 0 Å². The molecule has 3 rings (SSSR count). The lowest BCUT2D eigenvalue weighted by Crippen LogP contribution is -2.65. The van der Waals surface area contributed by atoms with Crippen molar-refractivity contribution in [1.29, 1.82) is 0 Å². The third-order valence-corrected chi connectivity index (χ3v) is 10.2. The Hall–Kier alpha value is -3.19. The molecule has 0 radical (unpaired) electrons. The van der Waals surface area contributed by atoms with Crippen molar-refractivity contribution in [3.05, 3.63) is 42.0 Å². The average Bonchev–Trinajstić information content (AvgIpc) is 3.18. The van der Waals surface area contributed by atoms with Gasteiger partial charge in [0.2, 0.25) is 5.91 Å². The summed E-state index contributed by atoms with van der Waals surface area (Å²) in [6, 6.07) is 7.02. The summed E-state index contributed by atoms with van der Waals surface area (Å²) in [7, 11) is 0. The smallest absolute Gasteiger partial charge is 0.302 e. The summed E-state index contributed by atoms with van der Waals surface area (Å²) in [5, 5.41) is 65.6. The Morgan fingerprint density at radius 1 is 0.707 bits per heavy atom. The predicted molar refractivity (Wildman–Crippen MR) is 210 cm³/mol. The fourth-order valence-electron chi connectivity index (χ4n) is 6.77. The van der Waals surface area contributed by atoms with E-state index in [4.69, 9.17) is 28.4 Å². The quantitative estimate of drug-likeness (QED) is 0.0404. The first-order valence-electron chi connectivity index (χ1n) is 20.7. The SMILES string of the molecule is CC(=O)OC[C@H]1O[C@@H](O[C@H]2[C@H](OC(C)CCCCCC/C=C/CCCCCCCC(=O)NCCc3ccc(O)cc3)O[C@H](COC(C)=O)[C@@H](O)[C@@H]2O)[C@H](O)[C@@H](O)[C@@H]1O. The van der Waals surface area contributed by atoms with Gasteiger partial charge in [0, 0.05) is 26.8 Å². The molecule has 1 aromatic rings. The summed E-state index contributed by atoms with van der Waals surface area (Å²) in [6.07, 6.45) is 2.01. The molecule has 1 amide bonds. The molecule has 0 spiro atoms. The second-order valence-corrected chi connectivity index (χ2v) is 15.2. The zero-order chi connectivity index (χ0) is 42.5. The molecule has 2 fully saturated rings. The molecule has 58 heavy (non-hydrogen) atoms. The van der Waals surface area contributed by atoms with Gasteiger partial charge >= 0.3 is 11.9 Å². The van der Waals surface area contributed by atoms with Gasteiger partial charge in [-0.2, -0.15) is 0 Å². The molecule has 0 aliphatic carbocycles. The lowest BCUT2D eigenvalue weighted by molar-refractivity contribution is -0.371. The highest BCUT2D eigenvalue weighted by molar-refractivity contribution is 5.75. The van der Waals surface area contributed by atoms with E-state index in [1.807, 2.05) is 19.1 Å². The van der Waals surface area contributed by atoms with Crippen LogP contribution >= 0.6 is 0 Å². The normalized spacial score (nSPS) is 27.9. The molecule has 2 aliphatic rings. The Kier molecular flexibility index (Phi) is 22.7. The molecule has 0 saturated carbocycles. The number of carbonyl (C=O) groups excluding carboxylic acids is 3. The van der Waals surface area contributed by atoms with Crippen LogP contribution in [0.15, 0.2) is 36.4 Å². The van der Waals surface area contributed by atoms with E-state index in [1.54, 1.807) is 12.1 Å². The molecule has 2 aliphatic heterocycles. The van der Waals surface area contributed by atoms with Crippen LogP contribution in [0.25, 0.3) is 0 Å². The van der Waals surface area contributed by atoms with E-state index in [1.165, 1.54) is 6.92 Å². The summed E-state index contributed by atoms with van der Waals surface area (Å²) in [4.78, 5) is 34.8. The monoisotopic (exact) mass is 825 g/mol. The standard InChI is InChI=1S/C42H67NO15/c1-27(17-15-13-11-9-7-5-4-6-8-10-12-14-16-18-34(47)43-24-23-30-19-21-31(46)22-20-30)55-42-40(38(51)36(49)33(57-42)26-54-29(3)45)58-41-39(52)37(50)35(48)32(56-41)25-53-28(2)44/h4-5,19-22,27,32-33,35-42,46,48-52H,6-18,23-26H2,1-3H3,(H,43,47)/b5-4+/t27?,32-,33-,35-,36-,37+,38+,39-,40-,41+,42-/m1/s1. The van der Waals surface area contributed by atoms with Gasteiger partial charge < -0.3 is 64.4 Å². The highest BCUT2D eigenvalue weighted by Gasteiger charge is 2.51. The Balaban J connectivity index is 1.31. The predicted octanol–water partition coefficient (Wildman–Crippen LogP) is 2.85. The van der Waals surface area contributed by atoms with E-state index in [0.29, 0.717) is 19.4 Å². The molecule has 1 aromatic carbocycles. The zero-order valence-electron chi connectivity index (χ0n) is 34.2. The maximum absolute atomic E-state index is 12.1. The van der Waals surface area contributed by atoms with E-state index in [2.05, 4.69) is 17.5 Å². The number of allylic oxidation sites excluding steroid dienone is 2. The minimum Gasteiger partial charge on any atom is -0.508 e. The molecule has 0 aromatic heterocycles. The minimum absolute atomic E-state index is 0.0839. The van der Waals surface area contributed by atoms with E-state index >= 15 is 0 Å².